The summed E-state index contributed by atoms with van der Waals surface area (Å²) in [4.78, 5) is 26.8. The Balaban J connectivity index is 1.45. The summed E-state index contributed by atoms with van der Waals surface area (Å²) in [6.45, 7) is 8.75. The Morgan fingerprint density at radius 2 is 1.90 bits per heavy atom. The number of amides is 2. The lowest BCUT2D eigenvalue weighted by molar-refractivity contribution is -0.120. The third-order valence-electron chi connectivity index (χ3n) is 9.68. The molecule has 0 spiro atoms. The van der Waals surface area contributed by atoms with Crippen LogP contribution >= 0.6 is 0 Å². The van der Waals surface area contributed by atoms with Crippen LogP contribution in [0.25, 0.3) is 0 Å². The van der Waals surface area contributed by atoms with E-state index in [0.29, 0.717) is 38.0 Å². The van der Waals surface area contributed by atoms with Crippen LogP contribution in [-0.4, -0.2) is 81.0 Å². The zero-order valence-electron chi connectivity index (χ0n) is 27.4. The number of methoxy groups -OCH3 is 1. The average Bonchev–Trinajstić information content (AvgIpc) is 3.13. The fourth-order valence-electron chi connectivity index (χ4n) is 7.17. The molecule has 0 aromatic heterocycles. The first kappa shape index (κ1) is 35.8. The van der Waals surface area contributed by atoms with E-state index in [0.717, 1.165) is 18.7 Å². The minimum Gasteiger partial charge on any atom is -0.453 e. The second-order valence-corrected chi connectivity index (χ2v) is 15.4. The molecule has 2 bridgehead atoms. The van der Waals surface area contributed by atoms with Gasteiger partial charge in [-0.15, -0.1) is 0 Å². The number of ether oxygens (including phenoxy) is 2. The molecule has 2 amide bonds. The molecule has 3 aliphatic heterocycles. The van der Waals surface area contributed by atoms with Gasteiger partial charge in [-0.25, -0.2) is 26.4 Å². The van der Waals surface area contributed by atoms with E-state index in [-0.39, 0.29) is 48.3 Å². The molecule has 3 saturated heterocycles. The molecule has 10 nitrogen and oxygen atoms in total. The Morgan fingerprint density at radius 3 is 2.58 bits per heavy atom. The van der Waals surface area contributed by atoms with Crippen LogP contribution in [-0.2, 0) is 30.7 Å². The maximum Gasteiger partial charge on any atom is 0.407 e. The number of benzene rings is 2. The van der Waals surface area contributed by atoms with Crippen LogP contribution in [0.1, 0.15) is 56.6 Å². The molecule has 6 atom stereocenters. The summed E-state index contributed by atoms with van der Waals surface area (Å²) in [7, 11) is -2.44. The first-order chi connectivity index (χ1) is 22.7. The summed E-state index contributed by atoms with van der Waals surface area (Å²) in [6.07, 6.45) is 0.562. The van der Waals surface area contributed by atoms with Gasteiger partial charge in [-0.1, -0.05) is 24.3 Å². The molecule has 2 aromatic carbocycles. The number of carbonyl (C=O) groups excluding carboxylic acids is 2. The molecule has 2 aromatic rings. The van der Waals surface area contributed by atoms with Crippen molar-refractivity contribution in [2.45, 2.75) is 75.6 Å². The minimum atomic E-state index is -3.60. The molecular formula is C34H43F3N4O6S. The molecule has 0 saturated carbocycles. The van der Waals surface area contributed by atoms with Gasteiger partial charge in [0.2, 0.25) is 15.9 Å². The van der Waals surface area contributed by atoms with Crippen LogP contribution in [0.3, 0.4) is 0 Å². The highest BCUT2D eigenvalue weighted by Crippen LogP contribution is 2.41. The van der Waals surface area contributed by atoms with E-state index >= 15 is 4.39 Å². The summed E-state index contributed by atoms with van der Waals surface area (Å²) < 4.78 is 82.4. The molecule has 3 aliphatic rings. The van der Waals surface area contributed by atoms with E-state index in [2.05, 4.69) is 22.5 Å². The molecule has 262 valence electrons. The summed E-state index contributed by atoms with van der Waals surface area (Å²) in [6, 6.07) is 5.81. The van der Waals surface area contributed by atoms with E-state index in [1.54, 1.807) is 12.1 Å². The van der Waals surface area contributed by atoms with Crippen LogP contribution in [0.5, 0.6) is 0 Å². The van der Waals surface area contributed by atoms with Crippen molar-refractivity contribution in [3.63, 3.8) is 0 Å². The van der Waals surface area contributed by atoms with Gasteiger partial charge in [0.15, 0.2) is 11.6 Å². The van der Waals surface area contributed by atoms with Crippen molar-refractivity contribution in [1.82, 2.24) is 14.9 Å². The van der Waals surface area contributed by atoms with Gasteiger partial charge in [-0.05, 0) is 81.7 Å². The van der Waals surface area contributed by atoms with Gasteiger partial charge in [0.1, 0.15) is 11.9 Å². The van der Waals surface area contributed by atoms with Gasteiger partial charge in [-0.3, -0.25) is 4.79 Å². The predicted octanol–water partition coefficient (Wildman–Crippen LogP) is 4.62. The Hall–Kier alpha value is -3.46. The number of halogens is 3. The topological polar surface area (TPSA) is 126 Å². The van der Waals surface area contributed by atoms with Crippen LogP contribution < -0.4 is 16.0 Å². The molecular weight excluding hydrogens is 649 g/mol. The third kappa shape index (κ3) is 8.04. The molecule has 5 rings (SSSR count). The number of piperazine rings is 1. The second kappa shape index (κ2) is 14.6. The minimum absolute atomic E-state index is 0.0190. The molecule has 3 heterocycles. The van der Waals surface area contributed by atoms with Gasteiger partial charge < -0.3 is 25.4 Å². The number of hydrogen-bond acceptors (Lipinski definition) is 7. The Labute approximate surface area is 279 Å². The standard InChI is InChI=1S/C34H43F3N4O6S/c1-20-14-16-48(44,45)41-19-28(20)38-18-24(41)9-10-25-27(12-11-26(36)30(25)37)39-32(42)31(40-33(43)46-4)29(21-5-7-23(35)8-6-21)22-13-15-47-34(2,3)17-22/h5-8,11-12,22,24,28-29,31,38H,1,9-10,13-19H2,2-4H3,(H,39,42)(H,40,43)/t22?,24-,28-,29-,31-/m0/s1. The summed E-state index contributed by atoms with van der Waals surface area (Å²) in [5.74, 6) is -4.44. The number of nitrogens with one attached hydrogen (secondary N) is 3. The monoisotopic (exact) mass is 692 g/mol. The lowest BCUT2D eigenvalue weighted by Crippen LogP contribution is -2.57. The van der Waals surface area contributed by atoms with Crippen LogP contribution in [0.4, 0.5) is 23.7 Å². The highest BCUT2D eigenvalue weighted by Gasteiger charge is 2.42. The molecule has 2 unspecified atom stereocenters. The zero-order chi connectivity index (χ0) is 34.8. The van der Waals surface area contributed by atoms with E-state index in [1.807, 2.05) is 13.8 Å². The smallest absolute Gasteiger partial charge is 0.407 e. The SMILES string of the molecule is C=C1CCS(=O)(=O)N2C[C@@H]1NC[C@@H]2CCc1c(NC(=O)[C@@H](NC(=O)OC)[C@@H](c2ccc(F)cc2)C2CCOC(C)(C)C2)ccc(F)c1F. The number of nitrogens with zero attached hydrogens (tertiary/aromatic N) is 1. The fourth-order valence-corrected chi connectivity index (χ4v) is 8.94. The van der Waals surface area contributed by atoms with Crippen molar-refractivity contribution in [2.75, 3.05) is 37.9 Å². The second-order valence-electron chi connectivity index (χ2n) is 13.4. The number of carbonyl (C=O) groups is 2. The Morgan fingerprint density at radius 1 is 1.17 bits per heavy atom. The molecule has 48 heavy (non-hydrogen) atoms. The number of hydrogen-bond donors (Lipinski definition) is 3. The summed E-state index contributed by atoms with van der Waals surface area (Å²) in [5, 5.41) is 8.66. The molecule has 14 heteroatoms. The van der Waals surface area contributed by atoms with Gasteiger partial charge in [-0.2, -0.15) is 4.31 Å². The fraction of sp³-hybridized carbons (Fsp3) is 0.529. The van der Waals surface area contributed by atoms with E-state index in [4.69, 9.17) is 9.47 Å². The molecule has 0 aliphatic carbocycles. The van der Waals surface area contributed by atoms with Crippen molar-refractivity contribution in [1.29, 1.82) is 0 Å². The van der Waals surface area contributed by atoms with Crippen molar-refractivity contribution >= 4 is 27.7 Å². The molecule has 3 fully saturated rings. The quantitative estimate of drug-likeness (QED) is 0.328. The number of anilines is 1. The third-order valence-corrected chi connectivity index (χ3v) is 11.6. The number of sulfonamides is 1. The lowest BCUT2D eigenvalue weighted by Gasteiger charge is -2.41. The summed E-state index contributed by atoms with van der Waals surface area (Å²) in [5.41, 5.74) is 0.701. The Kier molecular flexibility index (Phi) is 10.9. The van der Waals surface area contributed by atoms with E-state index in [1.165, 1.54) is 22.5 Å². The van der Waals surface area contributed by atoms with E-state index < -0.39 is 63.1 Å². The van der Waals surface area contributed by atoms with Crippen molar-refractivity contribution in [2.24, 2.45) is 5.92 Å². The number of fused-ring (bicyclic) bond motifs is 2. The van der Waals surface area contributed by atoms with Crippen LogP contribution in [0.15, 0.2) is 48.6 Å². The zero-order valence-corrected chi connectivity index (χ0v) is 28.2. The normalized spacial score (nSPS) is 26.1. The maximum absolute atomic E-state index is 15.5. The first-order valence-corrected chi connectivity index (χ1v) is 17.7. The first-order valence-electron chi connectivity index (χ1n) is 16.1. The predicted molar refractivity (Wildman–Crippen MR) is 174 cm³/mol. The Bertz CT molecular complexity index is 1640. The molecule has 0 radical (unpaired) electrons. The van der Waals surface area contributed by atoms with Crippen LogP contribution in [0.2, 0.25) is 0 Å². The van der Waals surface area contributed by atoms with Crippen molar-refractivity contribution < 1.29 is 40.7 Å². The van der Waals surface area contributed by atoms with Crippen molar-refractivity contribution in [3.8, 4) is 0 Å². The van der Waals surface area contributed by atoms with Gasteiger partial charge in [0, 0.05) is 48.9 Å². The van der Waals surface area contributed by atoms with Gasteiger partial charge in [0.25, 0.3) is 0 Å². The van der Waals surface area contributed by atoms with Crippen molar-refractivity contribution in [3.05, 3.63) is 77.1 Å². The molecule has 3 N–H and O–H groups in total. The lowest BCUT2D eigenvalue weighted by atomic mass is 9.73. The summed E-state index contributed by atoms with van der Waals surface area (Å²) >= 11 is 0. The van der Waals surface area contributed by atoms with E-state index in [9.17, 15) is 26.8 Å². The highest BCUT2D eigenvalue weighted by molar-refractivity contribution is 7.89. The van der Waals surface area contributed by atoms with Crippen LogP contribution in [0, 0.1) is 23.4 Å². The maximum atomic E-state index is 15.5. The largest absolute Gasteiger partial charge is 0.453 e. The van der Waals surface area contributed by atoms with Gasteiger partial charge in [0.05, 0.1) is 18.5 Å². The van der Waals surface area contributed by atoms with Gasteiger partial charge >= 0.3 is 6.09 Å². The number of alkyl carbamates (subject to hydrolysis) is 1. The average molecular weight is 693 g/mol. The number of rotatable bonds is 9. The highest BCUT2D eigenvalue weighted by atomic mass is 32.2.